The lowest BCUT2D eigenvalue weighted by atomic mass is 10.1. The van der Waals surface area contributed by atoms with E-state index < -0.39 is 11.6 Å². The molecule has 1 aromatic heterocycles. The number of aromatic nitrogens is 1. The summed E-state index contributed by atoms with van der Waals surface area (Å²) >= 11 is 1.29. The number of amidine groups is 1. The molecule has 0 radical (unpaired) electrons. The third-order valence-corrected chi connectivity index (χ3v) is 5.69. The number of aliphatic hydroxyl groups excluding tert-OH is 1. The number of nitrogens with zero attached hydrogens (tertiary/aromatic N) is 2. The van der Waals surface area contributed by atoms with Crippen LogP contribution in [0.4, 0.5) is 8.78 Å². The van der Waals surface area contributed by atoms with Crippen molar-refractivity contribution in [3.8, 4) is 11.3 Å². The number of hydrogen-bond acceptors (Lipinski definition) is 4. The summed E-state index contributed by atoms with van der Waals surface area (Å²) < 4.78 is 26.5. The van der Waals surface area contributed by atoms with Crippen LogP contribution in [0.3, 0.4) is 0 Å². The predicted molar refractivity (Wildman–Crippen MR) is 93.7 cm³/mol. The molecule has 25 heavy (non-hydrogen) atoms. The molecule has 0 atom stereocenters. The molecule has 1 aromatic carbocycles. The standard InChI is InChI=1S/C18H17F2N3OS/c19-12-6-5-10(7-13(12)20)14-9-25-18(22-14)16-15(24)8-23(17(16)21)11-3-1-2-4-11/h5-7,9,11,21,24H,1-4,8H2. The fourth-order valence-corrected chi connectivity index (χ4v) is 4.42. The Hall–Kier alpha value is -2.28. The first-order valence-electron chi connectivity index (χ1n) is 8.23. The molecule has 1 aliphatic heterocycles. The van der Waals surface area contributed by atoms with E-state index in [-0.39, 0.29) is 5.76 Å². The first-order valence-corrected chi connectivity index (χ1v) is 9.11. The van der Waals surface area contributed by atoms with E-state index in [1.165, 1.54) is 17.4 Å². The van der Waals surface area contributed by atoms with Gasteiger partial charge in [-0.05, 0) is 31.0 Å². The van der Waals surface area contributed by atoms with Gasteiger partial charge in [0, 0.05) is 17.0 Å². The minimum absolute atomic E-state index is 0.156. The SMILES string of the molecule is N=C1C(c2nc(-c3ccc(F)c(F)c3)cs2)=C(O)CN1C1CCCC1. The summed E-state index contributed by atoms with van der Waals surface area (Å²) in [6.07, 6.45) is 4.39. The lowest BCUT2D eigenvalue weighted by Crippen LogP contribution is -2.35. The molecular formula is C18H17F2N3OS. The number of aliphatic hydroxyl groups is 1. The van der Waals surface area contributed by atoms with Crippen LogP contribution < -0.4 is 0 Å². The third kappa shape index (κ3) is 2.82. The maximum absolute atomic E-state index is 13.4. The van der Waals surface area contributed by atoms with Gasteiger partial charge in [0.1, 0.15) is 16.6 Å². The average Bonchev–Trinajstić information content (AvgIpc) is 3.30. The molecule has 0 spiro atoms. The van der Waals surface area contributed by atoms with E-state index in [0.717, 1.165) is 37.8 Å². The average molecular weight is 361 g/mol. The Labute approximate surface area is 148 Å². The topological polar surface area (TPSA) is 60.2 Å². The second-order valence-corrected chi connectivity index (χ2v) is 7.26. The van der Waals surface area contributed by atoms with E-state index in [0.29, 0.717) is 40.3 Å². The summed E-state index contributed by atoms with van der Waals surface area (Å²) in [6.45, 7) is 0.346. The van der Waals surface area contributed by atoms with Gasteiger partial charge in [0.15, 0.2) is 11.6 Å². The van der Waals surface area contributed by atoms with Crippen molar-refractivity contribution in [1.29, 1.82) is 5.41 Å². The number of thiazole rings is 1. The second-order valence-electron chi connectivity index (χ2n) is 6.40. The van der Waals surface area contributed by atoms with Gasteiger partial charge in [-0.3, -0.25) is 5.41 Å². The number of halogens is 2. The first kappa shape index (κ1) is 16.2. The number of hydrogen-bond donors (Lipinski definition) is 2. The van der Waals surface area contributed by atoms with E-state index >= 15 is 0 Å². The van der Waals surface area contributed by atoms with Crippen molar-refractivity contribution in [2.75, 3.05) is 6.54 Å². The molecule has 0 saturated heterocycles. The Morgan fingerprint density at radius 2 is 1.96 bits per heavy atom. The molecule has 1 saturated carbocycles. The molecule has 0 unspecified atom stereocenters. The predicted octanol–water partition coefficient (Wildman–Crippen LogP) is 4.59. The Kier molecular flexibility index (Phi) is 4.03. The van der Waals surface area contributed by atoms with E-state index in [4.69, 9.17) is 5.41 Å². The summed E-state index contributed by atoms with van der Waals surface area (Å²) in [5.74, 6) is -1.36. The summed E-state index contributed by atoms with van der Waals surface area (Å²) in [5.41, 5.74) is 1.43. The summed E-state index contributed by atoms with van der Waals surface area (Å²) in [4.78, 5) is 6.38. The largest absolute Gasteiger partial charge is 0.510 e. The van der Waals surface area contributed by atoms with Gasteiger partial charge >= 0.3 is 0 Å². The molecule has 4 nitrogen and oxygen atoms in total. The molecule has 2 aliphatic rings. The smallest absolute Gasteiger partial charge is 0.159 e. The zero-order valence-electron chi connectivity index (χ0n) is 13.4. The van der Waals surface area contributed by atoms with Crippen molar-refractivity contribution in [1.82, 2.24) is 9.88 Å². The maximum Gasteiger partial charge on any atom is 0.159 e. The fourth-order valence-electron chi connectivity index (χ4n) is 3.53. The van der Waals surface area contributed by atoms with Crippen LogP contribution in [-0.4, -0.2) is 33.4 Å². The molecule has 1 aliphatic carbocycles. The molecule has 1 fully saturated rings. The van der Waals surface area contributed by atoms with Crippen molar-refractivity contribution in [3.05, 3.63) is 46.0 Å². The van der Waals surface area contributed by atoms with Gasteiger partial charge in [-0.2, -0.15) is 0 Å². The molecule has 2 N–H and O–H groups in total. The van der Waals surface area contributed by atoms with Gasteiger partial charge in [0.05, 0.1) is 17.8 Å². The lowest BCUT2D eigenvalue weighted by molar-refractivity contribution is 0.296. The maximum atomic E-state index is 13.4. The van der Waals surface area contributed by atoms with Gasteiger partial charge in [0.25, 0.3) is 0 Å². The number of nitrogens with one attached hydrogen (secondary N) is 1. The van der Waals surface area contributed by atoms with Gasteiger partial charge in [0.2, 0.25) is 0 Å². The summed E-state index contributed by atoms with van der Waals surface area (Å²) in [5, 5.41) is 21.1. The van der Waals surface area contributed by atoms with Gasteiger partial charge in [-0.15, -0.1) is 11.3 Å². The highest BCUT2D eigenvalue weighted by atomic mass is 32.1. The van der Waals surface area contributed by atoms with E-state index in [1.54, 1.807) is 5.38 Å². The fraction of sp³-hybridized carbons (Fsp3) is 0.333. The zero-order chi connectivity index (χ0) is 17.6. The van der Waals surface area contributed by atoms with Crippen LogP contribution in [0, 0.1) is 17.0 Å². The Morgan fingerprint density at radius 3 is 2.68 bits per heavy atom. The molecule has 7 heteroatoms. The van der Waals surface area contributed by atoms with Crippen molar-refractivity contribution >= 4 is 22.7 Å². The number of benzene rings is 1. The van der Waals surface area contributed by atoms with Gasteiger partial charge < -0.3 is 10.0 Å². The molecule has 0 amide bonds. The molecule has 2 aromatic rings. The van der Waals surface area contributed by atoms with Crippen molar-refractivity contribution in [2.45, 2.75) is 31.7 Å². The van der Waals surface area contributed by atoms with Gasteiger partial charge in [-0.25, -0.2) is 13.8 Å². The Balaban J connectivity index is 1.62. The third-order valence-electron chi connectivity index (χ3n) is 4.83. The van der Waals surface area contributed by atoms with Crippen molar-refractivity contribution in [3.63, 3.8) is 0 Å². The molecule has 4 rings (SSSR count). The van der Waals surface area contributed by atoms with Crippen LogP contribution >= 0.6 is 11.3 Å². The normalized spacial score (nSPS) is 18.6. The van der Waals surface area contributed by atoms with E-state index in [2.05, 4.69) is 4.98 Å². The molecule has 2 heterocycles. The molecule has 130 valence electrons. The van der Waals surface area contributed by atoms with Crippen LogP contribution in [0.1, 0.15) is 30.7 Å². The van der Waals surface area contributed by atoms with Crippen LogP contribution in [0.15, 0.2) is 29.3 Å². The Bertz CT molecular complexity index is 871. The zero-order valence-corrected chi connectivity index (χ0v) is 14.2. The number of rotatable bonds is 3. The first-order chi connectivity index (χ1) is 12.0. The van der Waals surface area contributed by atoms with Gasteiger partial charge in [-0.1, -0.05) is 12.8 Å². The van der Waals surface area contributed by atoms with E-state index in [1.807, 2.05) is 4.90 Å². The van der Waals surface area contributed by atoms with Crippen LogP contribution in [0.2, 0.25) is 0 Å². The summed E-state index contributed by atoms with van der Waals surface area (Å²) in [6, 6.07) is 3.95. The highest BCUT2D eigenvalue weighted by Gasteiger charge is 2.35. The summed E-state index contributed by atoms with van der Waals surface area (Å²) in [7, 11) is 0. The second kappa shape index (κ2) is 6.22. The van der Waals surface area contributed by atoms with Crippen molar-refractivity contribution < 1.29 is 13.9 Å². The quantitative estimate of drug-likeness (QED) is 0.840. The molecule has 0 bridgehead atoms. The monoisotopic (exact) mass is 361 g/mol. The van der Waals surface area contributed by atoms with Crippen LogP contribution in [-0.2, 0) is 0 Å². The highest BCUT2D eigenvalue weighted by molar-refractivity contribution is 7.11. The van der Waals surface area contributed by atoms with Crippen LogP contribution in [0.25, 0.3) is 16.8 Å². The Morgan fingerprint density at radius 1 is 1.20 bits per heavy atom. The minimum atomic E-state index is -0.921. The van der Waals surface area contributed by atoms with Crippen molar-refractivity contribution in [2.24, 2.45) is 0 Å². The highest BCUT2D eigenvalue weighted by Crippen LogP contribution is 2.36. The minimum Gasteiger partial charge on any atom is -0.510 e. The van der Waals surface area contributed by atoms with E-state index in [9.17, 15) is 13.9 Å². The van der Waals surface area contributed by atoms with Crippen LogP contribution in [0.5, 0.6) is 0 Å². The molecular weight excluding hydrogens is 344 g/mol. The lowest BCUT2D eigenvalue weighted by Gasteiger charge is -2.25.